The number of halogens is 2. The zero-order chi connectivity index (χ0) is 12.7. The highest BCUT2D eigenvalue weighted by Gasteiger charge is 2.39. The Hall–Kier alpha value is -0.350. The van der Waals surface area contributed by atoms with Gasteiger partial charge < -0.3 is 4.90 Å². The van der Waals surface area contributed by atoms with E-state index in [1.165, 1.54) is 25.7 Å². The number of fused-ring (bicyclic) bond motifs is 2. The molecule has 0 radical (unpaired) electrons. The average molecular weight is 331 g/mol. The van der Waals surface area contributed by atoms with Crippen LogP contribution in [0.5, 0.6) is 0 Å². The van der Waals surface area contributed by atoms with E-state index < -0.39 is 0 Å². The van der Waals surface area contributed by atoms with Crippen LogP contribution in [-0.4, -0.2) is 23.6 Å². The minimum absolute atomic E-state index is 0.313. The zero-order valence-electron chi connectivity index (χ0n) is 10.4. The van der Waals surface area contributed by atoms with Gasteiger partial charge in [0.05, 0.1) is 4.47 Å². The molecule has 0 aliphatic heterocycles. The van der Waals surface area contributed by atoms with Crippen LogP contribution < -0.4 is 4.90 Å². The van der Waals surface area contributed by atoms with E-state index in [1.807, 2.05) is 0 Å². The lowest BCUT2D eigenvalue weighted by Gasteiger charge is -2.28. The summed E-state index contributed by atoms with van der Waals surface area (Å²) in [5.41, 5.74) is 0. The molecule has 3 atom stereocenters. The Balaban J connectivity index is 1.71. The van der Waals surface area contributed by atoms with Gasteiger partial charge in [-0.1, -0.05) is 6.42 Å². The standard InChI is InChI=1S/C13H17BrClN3/c1-18(12-11(14)6-16-13(15)17-12)7-10-5-8-2-3-9(10)4-8/h6,8-10H,2-5,7H2,1H3. The molecule has 3 rings (SSSR count). The van der Waals surface area contributed by atoms with Crippen LogP contribution in [0.25, 0.3) is 0 Å². The Morgan fingerprint density at radius 3 is 2.94 bits per heavy atom. The third-order valence-corrected chi connectivity index (χ3v) is 5.19. The molecule has 0 N–H and O–H groups in total. The first-order chi connectivity index (χ1) is 8.63. The van der Waals surface area contributed by atoms with Gasteiger partial charge >= 0.3 is 0 Å². The Labute approximate surface area is 121 Å². The van der Waals surface area contributed by atoms with E-state index in [2.05, 4.69) is 37.8 Å². The van der Waals surface area contributed by atoms with Crippen molar-refractivity contribution in [1.29, 1.82) is 0 Å². The van der Waals surface area contributed by atoms with Crippen molar-refractivity contribution in [1.82, 2.24) is 9.97 Å². The lowest BCUT2D eigenvalue weighted by Crippen LogP contribution is -2.29. The number of hydrogen-bond donors (Lipinski definition) is 0. The monoisotopic (exact) mass is 329 g/mol. The topological polar surface area (TPSA) is 29.0 Å². The van der Waals surface area contributed by atoms with Crippen molar-refractivity contribution >= 4 is 33.3 Å². The summed E-state index contributed by atoms with van der Waals surface area (Å²) in [6.45, 7) is 1.08. The molecule has 2 aliphatic rings. The highest BCUT2D eigenvalue weighted by Crippen LogP contribution is 2.48. The molecule has 0 spiro atoms. The summed E-state index contributed by atoms with van der Waals surface area (Å²) in [7, 11) is 2.09. The predicted octanol–water partition coefficient (Wildman–Crippen LogP) is 3.76. The van der Waals surface area contributed by atoms with Crippen LogP contribution >= 0.6 is 27.5 Å². The van der Waals surface area contributed by atoms with E-state index in [1.54, 1.807) is 6.20 Å². The van der Waals surface area contributed by atoms with Crippen LogP contribution in [0.4, 0.5) is 5.82 Å². The maximum Gasteiger partial charge on any atom is 0.224 e. The van der Waals surface area contributed by atoms with Crippen LogP contribution in [0.1, 0.15) is 25.7 Å². The van der Waals surface area contributed by atoms with Gasteiger partial charge in [-0.05, 0) is 64.5 Å². The second kappa shape index (κ2) is 4.97. The van der Waals surface area contributed by atoms with Crippen LogP contribution in [0, 0.1) is 17.8 Å². The molecule has 2 aliphatic carbocycles. The second-order valence-electron chi connectivity index (χ2n) is 5.63. The maximum atomic E-state index is 5.87. The summed E-state index contributed by atoms with van der Waals surface area (Å²) in [6.07, 6.45) is 7.44. The van der Waals surface area contributed by atoms with Crippen molar-refractivity contribution in [2.45, 2.75) is 25.7 Å². The quantitative estimate of drug-likeness (QED) is 0.790. The number of hydrogen-bond acceptors (Lipinski definition) is 3. The second-order valence-corrected chi connectivity index (χ2v) is 6.82. The van der Waals surface area contributed by atoms with E-state index >= 15 is 0 Å². The molecule has 3 nitrogen and oxygen atoms in total. The molecule has 1 heterocycles. The third kappa shape index (κ3) is 2.37. The van der Waals surface area contributed by atoms with Crippen molar-refractivity contribution in [2.75, 3.05) is 18.5 Å². The maximum absolute atomic E-state index is 5.87. The van der Waals surface area contributed by atoms with Gasteiger partial charge in [-0.15, -0.1) is 0 Å². The minimum atomic E-state index is 0.313. The van der Waals surface area contributed by atoms with Crippen LogP contribution in [0.15, 0.2) is 10.7 Å². The Morgan fingerprint density at radius 2 is 2.28 bits per heavy atom. The van der Waals surface area contributed by atoms with E-state index in [0.29, 0.717) is 5.28 Å². The zero-order valence-corrected chi connectivity index (χ0v) is 12.8. The van der Waals surface area contributed by atoms with Crippen molar-refractivity contribution in [3.63, 3.8) is 0 Å². The minimum Gasteiger partial charge on any atom is -0.358 e. The summed E-state index contributed by atoms with van der Waals surface area (Å²) in [4.78, 5) is 10.5. The molecule has 2 saturated carbocycles. The first-order valence-corrected chi connectivity index (χ1v) is 7.69. The number of aromatic nitrogens is 2. The summed E-state index contributed by atoms with van der Waals surface area (Å²) in [5.74, 6) is 3.66. The molecule has 2 bridgehead atoms. The molecule has 3 unspecified atom stereocenters. The summed E-state index contributed by atoms with van der Waals surface area (Å²) < 4.78 is 0.914. The molecule has 0 saturated heterocycles. The Bertz CT molecular complexity index is 454. The third-order valence-electron chi connectivity index (χ3n) is 4.45. The first-order valence-electron chi connectivity index (χ1n) is 6.52. The van der Waals surface area contributed by atoms with E-state index in [0.717, 1.165) is 34.6 Å². The molecule has 0 aromatic carbocycles. The van der Waals surface area contributed by atoms with Crippen LogP contribution in [0.2, 0.25) is 5.28 Å². The van der Waals surface area contributed by atoms with E-state index in [9.17, 15) is 0 Å². The lowest BCUT2D eigenvalue weighted by molar-refractivity contribution is 0.337. The number of nitrogens with zero attached hydrogens (tertiary/aromatic N) is 3. The van der Waals surface area contributed by atoms with Gasteiger partial charge in [0, 0.05) is 19.8 Å². The molecule has 0 amide bonds. The van der Waals surface area contributed by atoms with E-state index in [4.69, 9.17) is 11.6 Å². The molecule has 5 heteroatoms. The fourth-order valence-corrected chi connectivity index (χ4v) is 4.27. The van der Waals surface area contributed by atoms with Crippen LogP contribution in [-0.2, 0) is 0 Å². The summed E-state index contributed by atoms with van der Waals surface area (Å²) in [6, 6.07) is 0. The van der Waals surface area contributed by atoms with Gasteiger partial charge in [-0.2, -0.15) is 4.98 Å². The molecular weight excluding hydrogens is 314 g/mol. The van der Waals surface area contributed by atoms with Crippen molar-refractivity contribution in [2.24, 2.45) is 17.8 Å². The Morgan fingerprint density at radius 1 is 1.44 bits per heavy atom. The SMILES string of the molecule is CN(CC1CC2CCC1C2)c1nc(Cl)ncc1Br. The smallest absolute Gasteiger partial charge is 0.224 e. The molecule has 98 valence electrons. The summed E-state index contributed by atoms with van der Waals surface area (Å²) in [5, 5.41) is 0.313. The number of rotatable bonds is 3. The fourth-order valence-electron chi connectivity index (χ4n) is 3.64. The molecule has 1 aromatic heterocycles. The molecule has 18 heavy (non-hydrogen) atoms. The summed E-state index contributed by atoms with van der Waals surface area (Å²) >= 11 is 9.37. The Kier molecular flexibility index (Phi) is 3.50. The van der Waals surface area contributed by atoms with Gasteiger partial charge in [0.25, 0.3) is 0 Å². The fraction of sp³-hybridized carbons (Fsp3) is 0.692. The van der Waals surface area contributed by atoms with Gasteiger partial charge in [-0.25, -0.2) is 4.98 Å². The van der Waals surface area contributed by atoms with Crippen molar-refractivity contribution < 1.29 is 0 Å². The van der Waals surface area contributed by atoms with Gasteiger partial charge in [0.1, 0.15) is 5.82 Å². The van der Waals surface area contributed by atoms with Crippen molar-refractivity contribution in [3.05, 3.63) is 16.0 Å². The van der Waals surface area contributed by atoms with Gasteiger partial charge in [-0.3, -0.25) is 0 Å². The van der Waals surface area contributed by atoms with Crippen molar-refractivity contribution in [3.8, 4) is 0 Å². The van der Waals surface area contributed by atoms with Gasteiger partial charge in [0.15, 0.2) is 0 Å². The highest BCUT2D eigenvalue weighted by atomic mass is 79.9. The number of anilines is 1. The highest BCUT2D eigenvalue weighted by molar-refractivity contribution is 9.10. The van der Waals surface area contributed by atoms with Crippen LogP contribution in [0.3, 0.4) is 0 Å². The lowest BCUT2D eigenvalue weighted by atomic mass is 9.88. The molecular formula is C13H17BrClN3. The molecule has 1 aromatic rings. The predicted molar refractivity (Wildman–Crippen MR) is 77.0 cm³/mol. The largest absolute Gasteiger partial charge is 0.358 e. The average Bonchev–Trinajstić information content (AvgIpc) is 2.94. The molecule has 2 fully saturated rings. The van der Waals surface area contributed by atoms with Gasteiger partial charge in [0.2, 0.25) is 5.28 Å². The first kappa shape index (κ1) is 12.7. The normalized spacial score (nSPS) is 29.8. The van der Waals surface area contributed by atoms with E-state index in [-0.39, 0.29) is 0 Å².